The molecule has 0 unspecified atom stereocenters. The second kappa shape index (κ2) is 6.68. The van der Waals surface area contributed by atoms with Crippen LogP contribution in [0.3, 0.4) is 0 Å². The lowest BCUT2D eigenvalue weighted by atomic mass is 9.89. The lowest BCUT2D eigenvalue weighted by Crippen LogP contribution is -2.50. The highest BCUT2D eigenvalue weighted by molar-refractivity contribution is 5.89. The van der Waals surface area contributed by atoms with Crippen molar-refractivity contribution in [3.8, 4) is 0 Å². The van der Waals surface area contributed by atoms with Gasteiger partial charge in [0.15, 0.2) is 17.8 Å². The standard InChI is InChI=1S/C18H18O7/c1-11(19)23-14-8-9-15-18(25-15,16(14)24-12(2)20)10-22-17(21)13-6-4-3-5-7-13/h3-9,14-16H,10H2,1-2H3/t14-,15-,16+,18-/m1/s1. The van der Waals surface area contributed by atoms with Gasteiger partial charge < -0.3 is 18.9 Å². The number of ether oxygens (including phenoxy) is 4. The Morgan fingerprint density at radius 2 is 1.72 bits per heavy atom. The SMILES string of the molecule is CC(=O)O[C@@H]1C=C[C@H]2O[C@@]2(COC(=O)c2ccccc2)[C@H]1OC(C)=O. The molecule has 0 amide bonds. The van der Waals surface area contributed by atoms with Gasteiger partial charge in [-0.05, 0) is 18.2 Å². The van der Waals surface area contributed by atoms with E-state index >= 15 is 0 Å². The summed E-state index contributed by atoms with van der Waals surface area (Å²) >= 11 is 0. The number of benzene rings is 1. The third-order valence-corrected chi connectivity index (χ3v) is 4.06. The third-order valence-electron chi connectivity index (χ3n) is 4.06. The van der Waals surface area contributed by atoms with E-state index in [1.165, 1.54) is 13.8 Å². The Hall–Kier alpha value is -2.67. The van der Waals surface area contributed by atoms with Crippen molar-refractivity contribution in [1.29, 1.82) is 0 Å². The van der Waals surface area contributed by atoms with Gasteiger partial charge in [0.1, 0.15) is 12.7 Å². The third kappa shape index (κ3) is 3.56. The van der Waals surface area contributed by atoms with Crippen molar-refractivity contribution in [3.05, 3.63) is 48.0 Å². The predicted molar refractivity (Wildman–Crippen MR) is 84.6 cm³/mol. The first-order valence-electron chi connectivity index (χ1n) is 7.85. The molecule has 0 aromatic heterocycles. The van der Waals surface area contributed by atoms with Gasteiger partial charge in [0.25, 0.3) is 0 Å². The Bertz CT molecular complexity index is 711. The van der Waals surface area contributed by atoms with Crippen LogP contribution in [0, 0.1) is 0 Å². The van der Waals surface area contributed by atoms with E-state index in [-0.39, 0.29) is 12.7 Å². The molecule has 1 heterocycles. The minimum absolute atomic E-state index is 0.120. The number of epoxide rings is 1. The van der Waals surface area contributed by atoms with Gasteiger partial charge in [-0.15, -0.1) is 0 Å². The molecule has 0 saturated carbocycles. The summed E-state index contributed by atoms with van der Waals surface area (Å²) in [6.07, 6.45) is 1.28. The number of esters is 3. The molecule has 1 fully saturated rings. The number of hydrogen-bond acceptors (Lipinski definition) is 7. The average molecular weight is 346 g/mol. The van der Waals surface area contributed by atoms with Crippen LogP contribution in [0.25, 0.3) is 0 Å². The van der Waals surface area contributed by atoms with Crippen LogP contribution in [-0.2, 0) is 28.5 Å². The maximum atomic E-state index is 12.1. The monoisotopic (exact) mass is 346 g/mol. The topological polar surface area (TPSA) is 91.4 Å². The van der Waals surface area contributed by atoms with Crippen LogP contribution in [0.4, 0.5) is 0 Å². The molecular formula is C18H18O7. The van der Waals surface area contributed by atoms with Crippen molar-refractivity contribution in [2.75, 3.05) is 6.61 Å². The van der Waals surface area contributed by atoms with E-state index in [0.29, 0.717) is 5.56 Å². The molecule has 1 aliphatic heterocycles. The number of fused-ring (bicyclic) bond motifs is 1. The Morgan fingerprint density at radius 3 is 2.36 bits per heavy atom. The smallest absolute Gasteiger partial charge is 0.338 e. The van der Waals surface area contributed by atoms with E-state index in [0.717, 1.165) is 0 Å². The Labute approximate surface area is 144 Å². The maximum Gasteiger partial charge on any atom is 0.338 e. The van der Waals surface area contributed by atoms with Crippen molar-refractivity contribution < 1.29 is 33.3 Å². The van der Waals surface area contributed by atoms with E-state index < -0.39 is 35.7 Å². The fourth-order valence-corrected chi connectivity index (χ4v) is 2.90. The number of rotatable bonds is 5. The van der Waals surface area contributed by atoms with Gasteiger partial charge in [0.2, 0.25) is 0 Å². The van der Waals surface area contributed by atoms with Crippen LogP contribution in [0.1, 0.15) is 24.2 Å². The van der Waals surface area contributed by atoms with Crippen LogP contribution in [-0.4, -0.2) is 48.4 Å². The van der Waals surface area contributed by atoms with Crippen molar-refractivity contribution in [1.82, 2.24) is 0 Å². The van der Waals surface area contributed by atoms with Crippen LogP contribution >= 0.6 is 0 Å². The summed E-state index contributed by atoms with van der Waals surface area (Å²) < 4.78 is 21.5. The van der Waals surface area contributed by atoms with E-state index in [1.54, 1.807) is 42.5 Å². The van der Waals surface area contributed by atoms with Crippen LogP contribution in [0.2, 0.25) is 0 Å². The highest BCUT2D eigenvalue weighted by Crippen LogP contribution is 2.47. The zero-order valence-corrected chi connectivity index (χ0v) is 13.8. The number of hydrogen-bond donors (Lipinski definition) is 0. The molecule has 25 heavy (non-hydrogen) atoms. The van der Waals surface area contributed by atoms with E-state index in [4.69, 9.17) is 18.9 Å². The van der Waals surface area contributed by atoms with Crippen molar-refractivity contribution >= 4 is 17.9 Å². The first-order chi connectivity index (χ1) is 11.9. The minimum atomic E-state index is -1.04. The molecule has 0 spiro atoms. The molecule has 1 saturated heterocycles. The Balaban J connectivity index is 1.74. The zero-order chi connectivity index (χ0) is 18.0. The largest absolute Gasteiger partial charge is 0.459 e. The van der Waals surface area contributed by atoms with Crippen LogP contribution < -0.4 is 0 Å². The van der Waals surface area contributed by atoms with Gasteiger partial charge in [0, 0.05) is 13.8 Å². The van der Waals surface area contributed by atoms with E-state index in [9.17, 15) is 14.4 Å². The Morgan fingerprint density at radius 1 is 1.04 bits per heavy atom. The number of carbonyl (C=O) groups excluding carboxylic acids is 3. The van der Waals surface area contributed by atoms with Gasteiger partial charge in [-0.25, -0.2) is 4.79 Å². The normalized spacial score (nSPS) is 29.3. The molecular weight excluding hydrogens is 328 g/mol. The van der Waals surface area contributed by atoms with Gasteiger partial charge in [-0.2, -0.15) is 0 Å². The molecule has 1 aliphatic carbocycles. The molecule has 1 aromatic carbocycles. The molecule has 0 bridgehead atoms. The second-order valence-corrected chi connectivity index (χ2v) is 5.92. The van der Waals surface area contributed by atoms with Crippen molar-refractivity contribution in [3.63, 3.8) is 0 Å². The molecule has 1 aromatic rings. The molecule has 7 heteroatoms. The van der Waals surface area contributed by atoms with Gasteiger partial charge in [-0.1, -0.05) is 24.3 Å². The lowest BCUT2D eigenvalue weighted by molar-refractivity contribution is -0.168. The Kier molecular flexibility index (Phi) is 4.59. The quantitative estimate of drug-likeness (QED) is 0.344. The summed E-state index contributed by atoms with van der Waals surface area (Å²) in [5, 5.41) is 0. The molecule has 7 nitrogen and oxygen atoms in total. The molecule has 2 aliphatic rings. The summed E-state index contributed by atoms with van der Waals surface area (Å²) in [6, 6.07) is 8.52. The molecule has 132 valence electrons. The summed E-state index contributed by atoms with van der Waals surface area (Å²) in [6.45, 7) is 2.40. The fraction of sp³-hybridized carbons (Fsp3) is 0.389. The van der Waals surface area contributed by atoms with Crippen molar-refractivity contribution in [2.45, 2.75) is 37.8 Å². The molecule has 3 rings (SSSR count). The van der Waals surface area contributed by atoms with Gasteiger partial charge in [-0.3, -0.25) is 9.59 Å². The van der Waals surface area contributed by atoms with E-state index in [2.05, 4.69) is 0 Å². The first-order valence-corrected chi connectivity index (χ1v) is 7.85. The number of carbonyl (C=O) groups is 3. The lowest BCUT2D eigenvalue weighted by Gasteiger charge is -2.31. The molecule has 4 atom stereocenters. The summed E-state index contributed by atoms with van der Waals surface area (Å²) in [5.41, 5.74) is -0.631. The van der Waals surface area contributed by atoms with Crippen molar-refractivity contribution in [2.24, 2.45) is 0 Å². The highest BCUT2D eigenvalue weighted by atomic mass is 16.7. The molecule has 0 radical (unpaired) electrons. The van der Waals surface area contributed by atoms with Gasteiger partial charge >= 0.3 is 17.9 Å². The van der Waals surface area contributed by atoms with Gasteiger partial charge in [0.05, 0.1) is 5.56 Å². The zero-order valence-electron chi connectivity index (χ0n) is 13.8. The summed E-state index contributed by atoms with van der Waals surface area (Å²) in [7, 11) is 0. The molecule has 0 N–H and O–H groups in total. The second-order valence-electron chi connectivity index (χ2n) is 5.92. The van der Waals surface area contributed by atoms with Crippen LogP contribution in [0.15, 0.2) is 42.5 Å². The average Bonchev–Trinajstić information content (AvgIpc) is 3.30. The van der Waals surface area contributed by atoms with Crippen LogP contribution in [0.5, 0.6) is 0 Å². The predicted octanol–water partition coefficient (Wildman–Crippen LogP) is 1.41. The first kappa shape index (κ1) is 17.2. The summed E-state index contributed by atoms with van der Waals surface area (Å²) in [5.74, 6) is -1.56. The highest BCUT2D eigenvalue weighted by Gasteiger charge is 2.67. The fourth-order valence-electron chi connectivity index (χ4n) is 2.90. The van der Waals surface area contributed by atoms with E-state index in [1.807, 2.05) is 0 Å². The minimum Gasteiger partial charge on any atom is -0.459 e. The maximum absolute atomic E-state index is 12.1. The summed E-state index contributed by atoms with van der Waals surface area (Å²) in [4.78, 5) is 34.9.